The summed E-state index contributed by atoms with van der Waals surface area (Å²) in [4.78, 5) is 50.4. The first-order chi connectivity index (χ1) is 17.4. The van der Waals surface area contributed by atoms with Crippen LogP contribution in [-0.2, 0) is 20.7 Å². The van der Waals surface area contributed by atoms with Gasteiger partial charge >= 0.3 is 11.9 Å². The number of rotatable bonds is 7. The van der Waals surface area contributed by atoms with Crippen LogP contribution < -0.4 is 15.0 Å². The van der Waals surface area contributed by atoms with Gasteiger partial charge in [0.15, 0.2) is 0 Å². The number of aromatic nitrogens is 2. The molecular weight excluding hydrogens is 462 g/mol. The maximum absolute atomic E-state index is 13.8. The van der Waals surface area contributed by atoms with Crippen LogP contribution in [-0.4, -0.2) is 71.5 Å². The number of hydrogen-bond acceptors (Lipinski definition) is 8. The third-order valence-electron chi connectivity index (χ3n) is 6.21. The van der Waals surface area contributed by atoms with Crippen LogP contribution in [0.25, 0.3) is 0 Å². The maximum atomic E-state index is 13.8. The monoisotopic (exact) mass is 495 g/mol. The lowest BCUT2D eigenvalue weighted by Gasteiger charge is -2.35. The van der Waals surface area contributed by atoms with Crippen molar-refractivity contribution >= 4 is 29.5 Å². The highest BCUT2D eigenvalue weighted by Gasteiger charge is 2.32. The van der Waals surface area contributed by atoms with Gasteiger partial charge in [0.2, 0.25) is 5.95 Å². The van der Waals surface area contributed by atoms with Gasteiger partial charge in [-0.25, -0.2) is 9.78 Å². The van der Waals surface area contributed by atoms with Crippen LogP contribution in [0.3, 0.4) is 0 Å². The first kappa shape index (κ1) is 25.4. The van der Waals surface area contributed by atoms with E-state index in [0.29, 0.717) is 43.6 Å². The Morgan fingerprint density at radius 2 is 2.11 bits per heavy atom. The maximum Gasteiger partial charge on any atom is 0.397 e. The summed E-state index contributed by atoms with van der Waals surface area (Å²) in [6.07, 6.45) is 3.94. The molecule has 1 atom stereocenters. The number of ether oxygens (including phenoxy) is 2. The molecule has 36 heavy (non-hydrogen) atoms. The highest BCUT2D eigenvalue weighted by Crippen LogP contribution is 2.28. The summed E-state index contributed by atoms with van der Waals surface area (Å²) in [6.45, 7) is 7.60. The molecule has 2 aliphatic heterocycles. The van der Waals surface area contributed by atoms with Gasteiger partial charge in [0.25, 0.3) is 5.91 Å². The molecule has 0 spiro atoms. The van der Waals surface area contributed by atoms with E-state index in [2.05, 4.69) is 15.3 Å². The number of carbonyl (C=O) groups is 3. The summed E-state index contributed by atoms with van der Waals surface area (Å²) in [5.41, 5.74) is 1.56. The summed E-state index contributed by atoms with van der Waals surface area (Å²) in [6, 6.07) is 7.32. The van der Waals surface area contributed by atoms with Crippen molar-refractivity contribution in [1.29, 1.82) is 0 Å². The van der Waals surface area contributed by atoms with E-state index < -0.39 is 11.9 Å². The average molecular weight is 496 g/mol. The summed E-state index contributed by atoms with van der Waals surface area (Å²) in [5.74, 6) is 0.0244. The highest BCUT2D eigenvalue weighted by atomic mass is 16.5. The molecule has 1 N–H and O–H groups in total. The first-order valence-electron chi connectivity index (χ1n) is 12.5. The molecule has 1 fully saturated rings. The van der Waals surface area contributed by atoms with Crippen LogP contribution in [0.5, 0.6) is 5.75 Å². The van der Waals surface area contributed by atoms with Crippen LogP contribution in [0.2, 0.25) is 0 Å². The number of anilines is 2. The van der Waals surface area contributed by atoms with Gasteiger partial charge in [0.1, 0.15) is 11.6 Å². The molecule has 10 nitrogen and oxygen atoms in total. The summed E-state index contributed by atoms with van der Waals surface area (Å²) in [5, 5.41) is 3.18. The number of benzene rings is 1. The Morgan fingerprint density at radius 1 is 1.28 bits per heavy atom. The average Bonchev–Trinajstić information content (AvgIpc) is 3.34. The quantitative estimate of drug-likeness (QED) is 0.461. The van der Waals surface area contributed by atoms with Gasteiger partial charge < -0.3 is 19.7 Å². The second-order valence-electron chi connectivity index (χ2n) is 9.35. The number of nitrogens with zero attached hydrogens (tertiary/aromatic N) is 4. The number of amides is 2. The molecule has 10 heteroatoms. The fraction of sp³-hybridized carbons (Fsp3) is 0.500. The fourth-order valence-electron chi connectivity index (χ4n) is 4.56. The zero-order chi connectivity index (χ0) is 25.7. The lowest BCUT2D eigenvalue weighted by atomic mass is 9.96. The van der Waals surface area contributed by atoms with Crippen molar-refractivity contribution in [2.45, 2.75) is 46.1 Å². The van der Waals surface area contributed by atoms with Crippen molar-refractivity contribution in [2.24, 2.45) is 5.92 Å². The van der Waals surface area contributed by atoms with E-state index in [4.69, 9.17) is 9.47 Å². The minimum absolute atomic E-state index is 0.0321. The molecule has 1 aromatic heterocycles. The number of likely N-dealkylation sites (tertiary alicyclic amines) is 1. The fourth-order valence-corrected chi connectivity index (χ4v) is 4.56. The van der Waals surface area contributed by atoms with Gasteiger partial charge in [-0.15, -0.1) is 0 Å². The predicted molar refractivity (Wildman–Crippen MR) is 134 cm³/mol. The molecule has 1 unspecified atom stereocenters. The van der Waals surface area contributed by atoms with E-state index in [1.165, 1.54) is 4.90 Å². The van der Waals surface area contributed by atoms with Crippen LogP contribution in [0.4, 0.5) is 11.8 Å². The SMILES string of the molecule is CCOC(=O)C(=O)N1CCCC(CN(C(=O)c2ccc3c(c2)CCO3)c2ccnc(NC(C)C)n2)C1. The predicted octanol–water partition coefficient (Wildman–Crippen LogP) is 2.68. The normalized spacial score (nSPS) is 16.8. The second-order valence-corrected chi connectivity index (χ2v) is 9.35. The van der Waals surface area contributed by atoms with Gasteiger partial charge in [0.05, 0.1) is 13.2 Å². The number of esters is 1. The van der Waals surface area contributed by atoms with E-state index in [9.17, 15) is 14.4 Å². The van der Waals surface area contributed by atoms with E-state index in [1.807, 2.05) is 26.0 Å². The molecule has 3 heterocycles. The smallest absolute Gasteiger partial charge is 0.397 e. The van der Waals surface area contributed by atoms with Crippen LogP contribution in [0, 0.1) is 5.92 Å². The van der Waals surface area contributed by atoms with Gasteiger partial charge in [-0.1, -0.05) is 0 Å². The number of hydrogen-bond donors (Lipinski definition) is 1. The minimum Gasteiger partial charge on any atom is -0.493 e. The molecule has 2 aliphatic rings. The number of carbonyl (C=O) groups excluding carboxylic acids is 3. The van der Waals surface area contributed by atoms with Crippen molar-refractivity contribution in [2.75, 3.05) is 43.1 Å². The standard InChI is InChI=1S/C26H33N5O5/c1-4-35-25(34)24(33)30-12-5-6-18(15-30)16-31(22-9-11-27-26(29-22)28-17(2)3)23(32)20-7-8-21-19(14-20)10-13-36-21/h7-9,11,14,17-18H,4-6,10,12-13,15-16H2,1-3H3,(H,27,28,29). The zero-order valence-corrected chi connectivity index (χ0v) is 21.0. The van der Waals surface area contributed by atoms with E-state index in [1.54, 1.807) is 30.2 Å². The van der Waals surface area contributed by atoms with E-state index >= 15 is 0 Å². The van der Waals surface area contributed by atoms with Crippen molar-refractivity contribution in [1.82, 2.24) is 14.9 Å². The molecule has 2 amide bonds. The Kier molecular flexibility index (Phi) is 8.02. The Balaban J connectivity index is 1.59. The molecule has 0 radical (unpaired) electrons. The Hall–Kier alpha value is -3.69. The van der Waals surface area contributed by atoms with Crippen molar-refractivity contribution in [3.63, 3.8) is 0 Å². The van der Waals surface area contributed by atoms with E-state index in [0.717, 1.165) is 30.6 Å². The Labute approximate surface area is 211 Å². The number of nitrogens with one attached hydrogen (secondary N) is 1. The van der Waals surface area contributed by atoms with Crippen LogP contribution in [0.1, 0.15) is 49.5 Å². The number of fused-ring (bicyclic) bond motifs is 1. The van der Waals surface area contributed by atoms with Crippen molar-refractivity contribution in [3.8, 4) is 5.75 Å². The molecule has 2 aromatic rings. The van der Waals surface area contributed by atoms with Gasteiger partial charge in [-0.2, -0.15) is 4.98 Å². The molecule has 192 valence electrons. The minimum atomic E-state index is -0.841. The van der Waals surface area contributed by atoms with Gasteiger partial charge in [-0.05, 0) is 69.4 Å². The van der Waals surface area contributed by atoms with Crippen molar-refractivity contribution in [3.05, 3.63) is 41.6 Å². The molecule has 0 saturated carbocycles. The zero-order valence-electron chi connectivity index (χ0n) is 21.0. The lowest BCUT2D eigenvalue weighted by Crippen LogP contribution is -2.47. The second kappa shape index (κ2) is 11.4. The van der Waals surface area contributed by atoms with Gasteiger partial charge in [0, 0.05) is 43.9 Å². The first-order valence-corrected chi connectivity index (χ1v) is 12.5. The number of piperidine rings is 1. The Bertz CT molecular complexity index is 1120. The topological polar surface area (TPSA) is 114 Å². The highest BCUT2D eigenvalue weighted by molar-refractivity contribution is 6.32. The molecule has 1 saturated heterocycles. The van der Waals surface area contributed by atoms with Crippen LogP contribution >= 0.6 is 0 Å². The summed E-state index contributed by atoms with van der Waals surface area (Å²) < 4.78 is 10.5. The Morgan fingerprint density at radius 3 is 2.89 bits per heavy atom. The lowest BCUT2D eigenvalue weighted by molar-refractivity contribution is -0.160. The van der Waals surface area contributed by atoms with E-state index in [-0.39, 0.29) is 24.5 Å². The van der Waals surface area contributed by atoms with Gasteiger partial charge in [-0.3, -0.25) is 14.5 Å². The molecule has 0 bridgehead atoms. The van der Waals surface area contributed by atoms with Crippen LogP contribution in [0.15, 0.2) is 30.5 Å². The van der Waals surface area contributed by atoms with Crippen molar-refractivity contribution < 1.29 is 23.9 Å². The summed E-state index contributed by atoms with van der Waals surface area (Å²) >= 11 is 0. The summed E-state index contributed by atoms with van der Waals surface area (Å²) in [7, 11) is 0. The molecule has 4 rings (SSSR count). The third-order valence-corrected chi connectivity index (χ3v) is 6.21. The molecule has 1 aromatic carbocycles. The third kappa shape index (κ3) is 5.92. The largest absolute Gasteiger partial charge is 0.493 e. The molecule has 0 aliphatic carbocycles. The molecular formula is C26H33N5O5.